The zero-order valence-electron chi connectivity index (χ0n) is 10.2. The van der Waals surface area contributed by atoms with Gasteiger partial charge in [-0.05, 0) is 29.8 Å². The van der Waals surface area contributed by atoms with Gasteiger partial charge >= 0.3 is 0 Å². The Hall–Kier alpha value is -1.43. The Kier molecular flexibility index (Phi) is 4.19. The molecule has 0 aliphatic carbocycles. The van der Waals surface area contributed by atoms with Crippen LogP contribution in [0.15, 0.2) is 48.7 Å². The first-order valence-electron chi connectivity index (χ1n) is 5.59. The molecule has 0 saturated carbocycles. The lowest BCUT2D eigenvalue weighted by atomic mass is 10.0. The van der Waals surface area contributed by atoms with Crippen LogP contribution in [0.4, 0.5) is 0 Å². The van der Waals surface area contributed by atoms with Crippen molar-refractivity contribution >= 4 is 21.6 Å². The van der Waals surface area contributed by atoms with Gasteiger partial charge in [0.05, 0.1) is 18.0 Å². The summed E-state index contributed by atoms with van der Waals surface area (Å²) in [4.78, 5) is 4.20. The van der Waals surface area contributed by atoms with Gasteiger partial charge in [0.15, 0.2) is 0 Å². The molecule has 4 nitrogen and oxygen atoms in total. The van der Waals surface area contributed by atoms with Gasteiger partial charge < -0.3 is 0 Å². The quantitative estimate of drug-likeness (QED) is 0.942. The van der Waals surface area contributed by atoms with Crippen LogP contribution in [0.3, 0.4) is 0 Å². The lowest BCUT2D eigenvalue weighted by molar-refractivity contribution is 0.576. The van der Waals surface area contributed by atoms with Gasteiger partial charge in [-0.25, -0.2) is 13.1 Å². The second-order valence-electron chi connectivity index (χ2n) is 4.13. The van der Waals surface area contributed by atoms with Gasteiger partial charge in [0, 0.05) is 11.2 Å². The number of pyridine rings is 1. The number of benzene rings is 1. The highest BCUT2D eigenvalue weighted by Gasteiger charge is 2.19. The molecule has 6 heteroatoms. The highest BCUT2D eigenvalue weighted by molar-refractivity contribution is 7.88. The molecule has 1 unspecified atom stereocenters. The molecule has 1 N–H and O–H groups in total. The molecule has 0 radical (unpaired) electrons. The fraction of sp³-hybridized carbons (Fsp3) is 0.154. The molecule has 2 rings (SSSR count). The van der Waals surface area contributed by atoms with Crippen molar-refractivity contribution in [1.82, 2.24) is 9.71 Å². The summed E-state index contributed by atoms with van der Waals surface area (Å²) >= 11 is 5.95. The number of hydrogen-bond donors (Lipinski definition) is 1. The van der Waals surface area contributed by atoms with Gasteiger partial charge in [-0.2, -0.15) is 0 Å². The predicted molar refractivity (Wildman–Crippen MR) is 75.5 cm³/mol. The standard InChI is InChI=1S/C13H13ClN2O2S/c1-19(17,18)16-13(12-7-2-3-8-15-12)10-5-4-6-11(14)9-10/h2-9,13,16H,1H3. The summed E-state index contributed by atoms with van der Waals surface area (Å²) in [6, 6.07) is 11.9. The second-order valence-corrected chi connectivity index (χ2v) is 6.35. The number of rotatable bonds is 4. The van der Waals surface area contributed by atoms with E-state index in [-0.39, 0.29) is 0 Å². The molecule has 100 valence electrons. The van der Waals surface area contributed by atoms with Crippen molar-refractivity contribution < 1.29 is 8.42 Å². The van der Waals surface area contributed by atoms with E-state index in [9.17, 15) is 8.42 Å². The number of aromatic nitrogens is 1. The van der Waals surface area contributed by atoms with Crippen molar-refractivity contribution in [3.05, 3.63) is 64.9 Å². The first kappa shape index (κ1) is 14.0. The normalized spacial score (nSPS) is 13.2. The van der Waals surface area contributed by atoms with Gasteiger partial charge in [0.1, 0.15) is 0 Å². The lowest BCUT2D eigenvalue weighted by Crippen LogP contribution is -2.28. The van der Waals surface area contributed by atoms with E-state index < -0.39 is 16.1 Å². The van der Waals surface area contributed by atoms with E-state index in [1.807, 2.05) is 12.1 Å². The molecule has 1 aromatic heterocycles. The van der Waals surface area contributed by atoms with Crippen LogP contribution in [-0.4, -0.2) is 19.7 Å². The lowest BCUT2D eigenvalue weighted by Gasteiger charge is -2.17. The first-order chi connectivity index (χ1) is 8.96. The minimum atomic E-state index is -3.37. The van der Waals surface area contributed by atoms with Crippen LogP contribution < -0.4 is 4.72 Å². The van der Waals surface area contributed by atoms with Gasteiger partial charge in [-0.15, -0.1) is 0 Å². The fourth-order valence-electron chi connectivity index (χ4n) is 1.75. The largest absolute Gasteiger partial charge is 0.259 e. The zero-order chi connectivity index (χ0) is 13.9. The number of sulfonamides is 1. The summed E-state index contributed by atoms with van der Waals surface area (Å²) < 4.78 is 25.6. The van der Waals surface area contributed by atoms with Crippen LogP contribution in [-0.2, 0) is 10.0 Å². The van der Waals surface area contributed by atoms with Crippen molar-refractivity contribution in [1.29, 1.82) is 0 Å². The smallest absolute Gasteiger partial charge is 0.209 e. The Labute approximate surface area is 117 Å². The molecule has 0 fully saturated rings. The molecule has 0 spiro atoms. The predicted octanol–water partition coefficient (Wildman–Crippen LogP) is 2.37. The molecule has 2 aromatic rings. The van der Waals surface area contributed by atoms with E-state index in [4.69, 9.17) is 11.6 Å². The average molecular weight is 297 g/mol. The van der Waals surface area contributed by atoms with Crippen molar-refractivity contribution in [3.63, 3.8) is 0 Å². The molecular weight excluding hydrogens is 284 g/mol. The minimum Gasteiger partial charge on any atom is -0.259 e. The van der Waals surface area contributed by atoms with Gasteiger partial charge in [0.25, 0.3) is 0 Å². The van der Waals surface area contributed by atoms with Crippen molar-refractivity contribution in [2.75, 3.05) is 6.26 Å². The topological polar surface area (TPSA) is 59.1 Å². The molecule has 19 heavy (non-hydrogen) atoms. The summed E-state index contributed by atoms with van der Waals surface area (Å²) in [5.74, 6) is 0. The third-order valence-electron chi connectivity index (χ3n) is 2.50. The van der Waals surface area contributed by atoms with Crippen molar-refractivity contribution in [2.24, 2.45) is 0 Å². The van der Waals surface area contributed by atoms with Crippen LogP contribution in [0.25, 0.3) is 0 Å². The molecule has 0 amide bonds. The highest BCUT2D eigenvalue weighted by atomic mass is 35.5. The number of nitrogens with zero attached hydrogens (tertiary/aromatic N) is 1. The fourth-order valence-corrected chi connectivity index (χ4v) is 2.63. The first-order valence-corrected chi connectivity index (χ1v) is 7.86. The van der Waals surface area contributed by atoms with Gasteiger partial charge in [-0.1, -0.05) is 29.8 Å². The maximum absolute atomic E-state index is 11.5. The Morgan fingerprint density at radius 3 is 2.58 bits per heavy atom. The van der Waals surface area contributed by atoms with E-state index >= 15 is 0 Å². The second kappa shape index (κ2) is 5.69. The summed E-state index contributed by atoms with van der Waals surface area (Å²) in [5, 5.41) is 0.550. The van der Waals surface area contributed by atoms with E-state index in [0.29, 0.717) is 10.7 Å². The summed E-state index contributed by atoms with van der Waals surface area (Å²) in [7, 11) is -3.37. The van der Waals surface area contributed by atoms with E-state index in [1.54, 1.807) is 36.5 Å². The van der Waals surface area contributed by atoms with Crippen molar-refractivity contribution in [3.8, 4) is 0 Å². The van der Waals surface area contributed by atoms with Crippen molar-refractivity contribution in [2.45, 2.75) is 6.04 Å². The Morgan fingerprint density at radius 2 is 2.00 bits per heavy atom. The third kappa shape index (κ3) is 4.02. The molecule has 1 aromatic carbocycles. The van der Waals surface area contributed by atoms with E-state index in [1.165, 1.54) is 0 Å². The number of hydrogen-bond acceptors (Lipinski definition) is 3. The molecule has 0 bridgehead atoms. The van der Waals surface area contributed by atoms with E-state index in [2.05, 4.69) is 9.71 Å². The summed E-state index contributed by atoms with van der Waals surface area (Å²) in [6.45, 7) is 0. The third-order valence-corrected chi connectivity index (χ3v) is 3.40. The van der Waals surface area contributed by atoms with Gasteiger partial charge in [0.2, 0.25) is 10.0 Å². The Morgan fingerprint density at radius 1 is 1.21 bits per heavy atom. The Balaban J connectivity index is 2.46. The van der Waals surface area contributed by atoms with Crippen LogP contribution in [0.5, 0.6) is 0 Å². The minimum absolute atomic E-state index is 0.546. The number of halogens is 1. The van der Waals surface area contributed by atoms with E-state index in [0.717, 1.165) is 11.8 Å². The SMILES string of the molecule is CS(=O)(=O)NC(c1cccc(Cl)c1)c1ccccn1. The zero-order valence-corrected chi connectivity index (χ0v) is 11.8. The molecule has 0 aliphatic rings. The van der Waals surface area contributed by atoms with Crippen LogP contribution in [0, 0.1) is 0 Å². The number of nitrogens with one attached hydrogen (secondary N) is 1. The maximum Gasteiger partial charge on any atom is 0.209 e. The summed E-state index contributed by atoms with van der Waals surface area (Å²) in [6.07, 6.45) is 2.74. The molecular formula is C13H13ClN2O2S. The monoisotopic (exact) mass is 296 g/mol. The summed E-state index contributed by atoms with van der Waals surface area (Å²) in [5.41, 5.74) is 1.37. The van der Waals surface area contributed by atoms with Crippen LogP contribution in [0.2, 0.25) is 5.02 Å². The molecule has 1 heterocycles. The molecule has 1 atom stereocenters. The van der Waals surface area contributed by atoms with Crippen LogP contribution >= 0.6 is 11.6 Å². The Bertz CT molecular complexity index is 659. The highest BCUT2D eigenvalue weighted by Crippen LogP contribution is 2.23. The maximum atomic E-state index is 11.5. The molecule has 0 aliphatic heterocycles. The van der Waals surface area contributed by atoms with Gasteiger partial charge in [-0.3, -0.25) is 4.98 Å². The molecule has 0 saturated heterocycles. The van der Waals surface area contributed by atoms with Crippen LogP contribution in [0.1, 0.15) is 17.3 Å². The average Bonchev–Trinajstić information content (AvgIpc) is 2.36.